The predicted molar refractivity (Wildman–Crippen MR) is 86.8 cm³/mol. The van der Waals surface area contributed by atoms with Gasteiger partial charge in [0.25, 0.3) is 0 Å². The maximum Gasteiger partial charge on any atom is 0.244 e. The van der Waals surface area contributed by atoms with Crippen molar-refractivity contribution in [3.63, 3.8) is 0 Å². The minimum atomic E-state index is -1.40. The molecule has 0 saturated carbocycles. The van der Waals surface area contributed by atoms with Crippen LogP contribution >= 0.6 is 11.3 Å². The van der Waals surface area contributed by atoms with Crippen LogP contribution in [0.1, 0.15) is 16.4 Å². The fourth-order valence-corrected chi connectivity index (χ4v) is 2.97. The Morgan fingerprint density at radius 2 is 2.04 bits per heavy atom. The van der Waals surface area contributed by atoms with Crippen LogP contribution in [0.2, 0.25) is 0 Å². The largest absolute Gasteiger partial charge is 0.466 e. The Morgan fingerprint density at radius 3 is 2.70 bits per heavy atom. The fraction of sp³-hybridized carbons (Fsp3) is 0.118. The summed E-state index contributed by atoms with van der Waals surface area (Å²) in [6.45, 7) is 0.00234. The topological polar surface area (TPSA) is 75.6 Å². The van der Waals surface area contributed by atoms with Gasteiger partial charge in [0.1, 0.15) is 11.5 Å². The van der Waals surface area contributed by atoms with Gasteiger partial charge in [0, 0.05) is 11.0 Å². The lowest BCUT2D eigenvalue weighted by molar-refractivity contribution is -0.117. The molecule has 0 aromatic carbocycles. The second-order valence-electron chi connectivity index (χ2n) is 4.88. The SMILES string of the molecule is O=C(C=Cc1ccco1)NCC(O)(c1ccco1)c1cccs1. The second kappa shape index (κ2) is 6.68. The number of hydrogen-bond acceptors (Lipinski definition) is 5. The van der Waals surface area contributed by atoms with Crippen molar-refractivity contribution in [3.8, 4) is 0 Å². The average molecular weight is 329 g/mol. The van der Waals surface area contributed by atoms with E-state index in [1.165, 1.54) is 29.9 Å². The van der Waals surface area contributed by atoms with Crippen molar-refractivity contribution >= 4 is 23.3 Å². The lowest BCUT2D eigenvalue weighted by Crippen LogP contribution is -2.40. The van der Waals surface area contributed by atoms with Gasteiger partial charge in [-0.1, -0.05) is 6.07 Å². The van der Waals surface area contributed by atoms with E-state index >= 15 is 0 Å². The summed E-state index contributed by atoms with van der Waals surface area (Å²) >= 11 is 1.40. The smallest absolute Gasteiger partial charge is 0.244 e. The van der Waals surface area contributed by atoms with Crippen LogP contribution in [0.4, 0.5) is 0 Å². The molecule has 0 aliphatic carbocycles. The van der Waals surface area contributed by atoms with Gasteiger partial charge in [-0.15, -0.1) is 11.3 Å². The summed E-state index contributed by atoms with van der Waals surface area (Å²) < 4.78 is 10.5. The Hall–Kier alpha value is -2.57. The van der Waals surface area contributed by atoms with Crippen LogP contribution in [0.15, 0.2) is 69.2 Å². The first-order chi connectivity index (χ1) is 11.2. The molecule has 6 heteroatoms. The highest BCUT2D eigenvalue weighted by atomic mass is 32.1. The van der Waals surface area contributed by atoms with Crippen molar-refractivity contribution in [2.24, 2.45) is 0 Å². The van der Waals surface area contributed by atoms with Gasteiger partial charge in [-0.25, -0.2) is 0 Å². The van der Waals surface area contributed by atoms with Crippen LogP contribution in [-0.2, 0) is 10.4 Å². The zero-order valence-corrected chi connectivity index (χ0v) is 13.0. The number of carbonyl (C=O) groups excluding carboxylic acids is 1. The molecule has 1 unspecified atom stereocenters. The van der Waals surface area contributed by atoms with E-state index in [9.17, 15) is 9.90 Å². The zero-order valence-electron chi connectivity index (χ0n) is 12.1. The zero-order chi connectivity index (χ0) is 16.1. The van der Waals surface area contributed by atoms with E-state index in [1.54, 1.807) is 36.4 Å². The van der Waals surface area contributed by atoms with E-state index < -0.39 is 5.60 Å². The van der Waals surface area contributed by atoms with E-state index in [4.69, 9.17) is 8.83 Å². The van der Waals surface area contributed by atoms with E-state index in [0.29, 0.717) is 16.4 Å². The Kier molecular flexibility index (Phi) is 4.45. The number of hydrogen-bond donors (Lipinski definition) is 2. The van der Waals surface area contributed by atoms with Crippen molar-refractivity contribution in [2.45, 2.75) is 5.60 Å². The monoisotopic (exact) mass is 329 g/mol. The number of carbonyl (C=O) groups is 1. The number of nitrogens with one attached hydrogen (secondary N) is 1. The van der Waals surface area contributed by atoms with E-state index in [1.807, 2.05) is 11.4 Å². The molecule has 1 atom stereocenters. The first-order valence-electron chi connectivity index (χ1n) is 6.98. The maximum absolute atomic E-state index is 11.9. The van der Waals surface area contributed by atoms with E-state index in [0.717, 1.165) is 0 Å². The van der Waals surface area contributed by atoms with Crippen LogP contribution < -0.4 is 5.32 Å². The number of aliphatic hydroxyl groups is 1. The Balaban J connectivity index is 1.71. The van der Waals surface area contributed by atoms with Crippen molar-refractivity contribution in [3.05, 3.63) is 76.8 Å². The Morgan fingerprint density at radius 1 is 1.22 bits per heavy atom. The molecule has 118 valence electrons. The Bertz CT molecular complexity index is 724. The molecule has 23 heavy (non-hydrogen) atoms. The standard InChI is InChI=1S/C17H15NO4S/c19-16(8-7-13-4-1-9-21-13)18-12-17(20,14-5-2-10-22-14)15-6-3-11-23-15/h1-11,20H,12H2,(H,18,19). The van der Waals surface area contributed by atoms with Crippen LogP contribution in [0, 0.1) is 0 Å². The van der Waals surface area contributed by atoms with Gasteiger partial charge in [-0.3, -0.25) is 4.79 Å². The van der Waals surface area contributed by atoms with Gasteiger partial charge in [-0.2, -0.15) is 0 Å². The Labute approximate surface area is 136 Å². The number of thiophene rings is 1. The van der Waals surface area contributed by atoms with Crippen molar-refractivity contribution in [1.29, 1.82) is 0 Å². The number of furan rings is 2. The molecule has 3 aromatic rings. The van der Waals surface area contributed by atoms with Crippen LogP contribution in [-0.4, -0.2) is 17.6 Å². The summed E-state index contributed by atoms with van der Waals surface area (Å²) in [5, 5.41) is 15.5. The molecule has 0 saturated heterocycles. The average Bonchev–Trinajstić information content (AvgIpc) is 3.33. The van der Waals surface area contributed by atoms with Crippen molar-refractivity contribution in [2.75, 3.05) is 6.54 Å². The molecule has 0 bridgehead atoms. The summed E-state index contributed by atoms with van der Waals surface area (Å²) in [5.41, 5.74) is -1.40. The van der Waals surface area contributed by atoms with Crippen LogP contribution in [0.3, 0.4) is 0 Å². The maximum atomic E-state index is 11.9. The normalized spacial score (nSPS) is 14.0. The van der Waals surface area contributed by atoms with E-state index in [2.05, 4.69) is 5.32 Å². The summed E-state index contributed by atoms with van der Waals surface area (Å²) in [6.07, 6.45) is 5.94. The summed E-state index contributed by atoms with van der Waals surface area (Å²) in [5.74, 6) is 0.637. The van der Waals surface area contributed by atoms with Crippen LogP contribution in [0.25, 0.3) is 6.08 Å². The third kappa shape index (κ3) is 3.44. The first kappa shape index (κ1) is 15.3. The lowest BCUT2D eigenvalue weighted by Gasteiger charge is -2.24. The highest BCUT2D eigenvalue weighted by Gasteiger charge is 2.35. The van der Waals surface area contributed by atoms with Gasteiger partial charge < -0.3 is 19.3 Å². The van der Waals surface area contributed by atoms with Gasteiger partial charge in [0.05, 0.1) is 19.1 Å². The molecule has 0 radical (unpaired) electrons. The summed E-state index contributed by atoms with van der Waals surface area (Å²) in [4.78, 5) is 12.6. The molecule has 3 heterocycles. The van der Waals surface area contributed by atoms with Gasteiger partial charge in [-0.05, 0) is 41.8 Å². The highest BCUT2D eigenvalue weighted by Crippen LogP contribution is 2.32. The van der Waals surface area contributed by atoms with Crippen LogP contribution in [0.5, 0.6) is 0 Å². The minimum absolute atomic E-state index is 0.00234. The quantitative estimate of drug-likeness (QED) is 0.682. The fourth-order valence-electron chi connectivity index (χ4n) is 2.14. The third-order valence-corrected chi connectivity index (χ3v) is 4.34. The second-order valence-corrected chi connectivity index (χ2v) is 5.83. The molecule has 1 amide bonds. The minimum Gasteiger partial charge on any atom is -0.466 e. The predicted octanol–water partition coefficient (Wildman–Crippen LogP) is 3.00. The first-order valence-corrected chi connectivity index (χ1v) is 7.86. The molecular formula is C17H15NO4S. The molecule has 5 nitrogen and oxygen atoms in total. The molecule has 3 rings (SSSR count). The molecule has 0 aliphatic rings. The summed E-state index contributed by atoms with van der Waals surface area (Å²) in [6, 6.07) is 10.5. The van der Waals surface area contributed by atoms with Crippen molar-refractivity contribution < 1.29 is 18.7 Å². The molecule has 0 spiro atoms. The molecular weight excluding hydrogens is 314 g/mol. The number of rotatable bonds is 6. The number of amides is 1. The van der Waals surface area contributed by atoms with Gasteiger partial charge in [0.15, 0.2) is 5.60 Å². The van der Waals surface area contributed by atoms with E-state index in [-0.39, 0.29) is 12.5 Å². The molecule has 0 fully saturated rings. The lowest BCUT2D eigenvalue weighted by atomic mass is 9.98. The molecule has 0 aliphatic heterocycles. The third-order valence-electron chi connectivity index (χ3n) is 3.32. The van der Waals surface area contributed by atoms with Crippen molar-refractivity contribution in [1.82, 2.24) is 5.32 Å². The van der Waals surface area contributed by atoms with Gasteiger partial charge in [0.2, 0.25) is 5.91 Å². The molecule has 2 N–H and O–H groups in total. The summed E-state index contributed by atoms with van der Waals surface area (Å²) in [7, 11) is 0. The van der Waals surface area contributed by atoms with Gasteiger partial charge >= 0.3 is 0 Å². The molecule has 3 aromatic heterocycles. The highest BCUT2D eigenvalue weighted by molar-refractivity contribution is 7.10.